The highest BCUT2D eigenvalue weighted by molar-refractivity contribution is 7.99. The van der Waals surface area contributed by atoms with Crippen LogP contribution in [-0.2, 0) is 0 Å². The third-order valence-corrected chi connectivity index (χ3v) is 5.14. The first kappa shape index (κ1) is 19.1. The summed E-state index contributed by atoms with van der Waals surface area (Å²) in [7, 11) is 1.42. The molecule has 3 aromatic carbocycles. The predicted molar refractivity (Wildman–Crippen MR) is 103 cm³/mol. The van der Waals surface area contributed by atoms with Gasteiger partial charge in [0.15, 0.2) is 0 Å². The van der Waals surface area contributed by atoms with Crippen LogP contribution in [-0.4, -0.2) is 27.9 Å². The molecule has 28 heavy (non-hydrogen) atoms. The Bertz CT molecular complexity index is 1130. The first-order chi connectivity index (χ1) is 13.3. The molecule has 0 aromatic heterocycles. The number of non-ortho nitro benzene ring substituents is 1. The summed E-state index contributed by atoms with van der Waals surface area (Å²) in [6.07, 6.45) is 0. The Balaban J connectivity index is 2.20. The number of fused-ring (bicyclic) bond motifs is 1. The van der Waals surface area contributed by atoms with Crippen molar-refractivity contribution in [3.8, 4) is 5.75 Å². The minimum atomic E-state index is -0.707. The molecule has 0 unspecified atom stereocenters. The number of carbonyl (C=O) groups is 1. The lowest BCUT2D eigenvalue weighted by Gasteiger charge is -2.12. The molecule has 0 spiro atoms. The first-order valence-electron chi connectivity index (χ1n) is 7.91. The Morgan fingerprint density at radius 2 is 1.68 bits per heavy atom. The number of rotatable bonds is 5. The molecule has 10 heteroatoms. The number of carbonyl (C=O) groups excluding carboxylic acids is 1. The molecule has 0 saturated carbocycles. The number of nitrogens with one attached hydrogen (secondary N) is 1. The molecule has 3 rings (SSSR count). The highest BCUT2D eigenvalue weighted by Crippen LogP contribution is 2.42. The van der Waals surface area contributed by atoms with Gasteiger partial charge in [0.05, 0.1) is 26.4 Å². The number of amides is 1. The van der Waals surface area contributed by atoms with Crippen LogP contribution in [0.3, 0.4) is 0 Å². The second-order valence-electron chi connectivity index (χ2n) is 5.66. The van der Waals surface area contributed by atoms with Crippen LogP contribution < -0.4 is 5.32 Å². The number of phenolic OH excluding ortho intramolecular Hbond substituents is 1. The fraction of sp³-hybridized carbons (Fsp3) is 0.0556. The number of hydrogen-bond donors (Lipinski definition) is 2. The lowest BCUT2D eigenvalue weighted by Crippen LogP contribution is -2.18. The average molecular weight is 399 g/mol. The highest BCUT2D eigenvalue weighted by atomic mass is 32.2. The van der Waals surface area contributed by atoms with Crippen molar-refractivity contribution in [2.45, 2.75) is 9.79 Å². The molecule has 0 fully saturated rings. The number of nitro groups is 2. The first-order valence-corrected chi connectivity index (χ1v) is 8.72. The Kier molecular flexibility index (Phi) is 5.14. The highest BCUT2D eigenvalue weighted by Gasteiger charge is 2.22. The molecule has 0 atom stereocenters. The lowest BCUT2D eigenvalue weighted by atomic mass is 10.0. The van der Waals surface area contributed by atoms with Crippen LogP contribution >= 0.6 is 11.8 Å². The Labute approximate surface area is 162 Å². The van der Waals surface area contributed by atoms with Gasteiger partial charge in [-0.25, -0.2) is 0 Å². The second-order valence-corrected chi connectivity index (χ2v) is 6.75. The smallest absolute Gasteiger partial charge is 0.290 e. The average Bonchev–Trinajstić information content (AvgIpc) is 2.69. The van der Waals surface area contributed by atoms with E-state index in [0.717, 1.165) is 17.8 Å². The largest absolute Gasteiger partial charge is 0.506 e. The van der Waals surface area contributed by atoms with Gasteiger partial charge in [0, 0.05) is 23.4 Å². The Morgan fingerprint density at radius 1 is 1.00 bits per heavy atom. The molecule has 0 bridgehead atoms. The van der Waals surface area contributed by atoms with Gasteiger partial charge in [0.2, 0.25) is 0 Å². The van der Waals surface area contributed by atoms with Gasteiger partial charge in [-0.2, -0.15) is 0 Å². The van der Waals surface area contributed by atoms with Gasteiger partial charge >= 0.3 is 0 Å². The van der Waals surface area contributed by atoms with Gasteiger partial charge in [-0.05, 0) is 17.5 Å². The van der Waals surface area contributed by atoms with Crippen LogP contribution in [0.25, 0.3) is 10.8 Å². The molecule has 2 N–H and O–H groups in total. The van der Waals surface area contributed by atoms with Gasteiger partial charge < -0.3 is 10.4 Å². The maximum absolute atomic E-state index is 12.1. The maximum Gasteiger partial charge on any atom is 0.290 e. The SMILES string of the molecule is CNC(=O)c1cc(Sc2ccc([N+](=O)[O-])cc2[N+](=O)[O-])c2ccccc2c1O. The van der Waals surface area contributed by atoms with E-state index in [9.17, 15) is 30.1 Å². The summed E-state index contributed by atoms with van der Waals surface area (Å²) in [4.78, 5) is 33.7. The van der Waals surface area contributed by atoms with Crippen LogP contribution in [0.1, 0.15) is 10.4 Å². The third kappa shape index (κ3) is 3.45. The Hall–Kier alpha value is -3.66. The van der Waals surface area contributed by atoms with Crippen molar-refractivity contribution in [1.82, 2.24) is 5.32 Å². The van der Waals surface area contributed by atoms with Crippen LogP contribution in [0.15, 0.2) is 58.3 Å². The fourth-order valence-corrected chi connectivity index (χ4v) is 3.76. The monoisotopic (exact) mass is 399 g/mol. The molecule has 0 aliphatic carbocycles. The summed E-state index contributed by atoms with van der Waals surface area (Å²) in [6, 6.07) is 11.6. The van der Waals surface area contributed by atoms with Crippen molar-refractivity contribution in [3.05, 3.63) is 74.3 Å². The molecule has 9 nitrogen and oxygen atoms in total. The minimum absolute atomic E-state index is 0.0215. The van der Waals surface area contributed by atoms with Crippen LogP contribution in [0, 0.1) is 20.2 Å². The van der Waals surface area contributed by atoms with E-state index in [0.29, 0.717) is 15.7 Å². The van der Waals surface area contributed by atoms with Crippen molar-refractivity contribution in [2.75, 3.05) is 7.05 Å². The van der Waals surface area contributed by atoms with E-state index in [4.69, 9.17) is 0 Å². The maximum atomic E-state index is 12.1. The molecule has 0 saturated heterocycles. The van der Waals surface area contributed by atoms with E-state index in [1.807, 2.05) is 0 Å². The minimum Gasteiger partial charge on any atom is -0.506 e. The summed E-state index contributed by atoms with van der Waals surface area (Å²) in [5.74, 6) is -0.708. The summed E-state index contributed by atoms with van der Waals surface area (Å²) >= 11 is 0.988. The Morgan fingerprint density at radius 3 is 2.29 bits per heavy atom. The van der Waals surface area contributed by atoms with Gasteiger partial charge in [-0.3, -0.25) is 25.0 Å². The van der Waals surface area contributed by atoms with E-state index < -0.39 is 27.1 Å². The quantitative estimate of drug-likeness (QED) is 0.491. The van der Waals surface area contributed by atoms with Crippen molar-refractivity contribution in [2.24, 2.45) is 0 Å². The summed E-state index contributed by atoms with van der Waals surface area (Å²) in [5.41, 5.74) is -0.788. The molecule has 0 aliphatic rings. The zero-order chi connectivity index (χ0) is 20.4. The zero-order valence-corrected chi connectivity index (χ0v) is 15.2. The number of aromatic hydroxyl groups is 1. The molecule has 0 aliphatic heterocycles. The number of benzene rings is 3. The topological polar surface area (TPSA) is 136 Å². The van der Waals surface area contributed by atoms with Gasteiger partial charge in [0.25, 0.3) is 17.3 Å². The van der Waals surface area contributed by atoms with Crippen LogP contribution in [0.4, 0.5) is 11.4 Å². The standard InChI is InChI=1S/C18H13N3O6S/c1-19-18(23)13-9-16(11-4-2-3-5-12(11)17(13)22)28-15-7-6-10(20(24)25)8-14(15)21(26)27/h2-9,22H,1H3,(H,19,23). The van der Waals surface area contributed by atoms with Gasteiger partial charge in [-0.15, -0.1) is 0 Å². The van der Waals surface area contributed by atoms with Crippen molar-refractivity contribution in [3.63, 3.8) is 0 Å². The third-order valence-electron chi connectivity index (χ3n) is 4.02. The van der Waals surface area contributed by atoms with E-state index in [-0.39, 0.29) is 16.2 Å². The summed E-state index contributed by atoms with van der Waals surface area (Å²) < 4.78 is 0. The van der Waals surface area contributed by atoms with Crippen LogP contribution in [0.5, 0.6) is 5.75 Å². The van der Waals surface area contributed by atoms with Gasteiger partial charge in [0.1, 0.15) is 5.75 Å². The van der Waals surface area contributed by atoms with Crippen molar-refractivity contribution in [1.29, 1.82) is 0 Å². The molecule has 0 radical (unpaired) electrons. The van der Waals surface area contributed by atoms with Crippen molar-refractivity contribution < 1.29 is 19.7 Å². The summed E-state index contributed by atoms with van der Waals surface area (Å²) in [6.45, 7) is 0. The molecular weight excluding hydrogens is 386 g/mol. The lowest BCUT2D eigenvalue weighted by molar-refractivity contribution is -0.396. The van der Waals surface area contributed by atoms with Crippen LogP contribution in [0.2, 0.25) is 0 Å². The fourth-order valence-electron chi connectivity index (χ4n) is 2.69. The normalized spacial score (nSPS) is 10.6. The number of phenols is 1. The van der Waals surface area contributed by atoms with Crippen molar-refractivity contribution >= 4 is 39.8 Å². The van der Waals surface area contributed by atoms with E-state index in [1.165, 1.54) is 25.2 Å². The molecule has 1 amide bonds. The van der Waals surface area contributed by atoms with E-state index in [1.54, 1.807) is 24.3 Å². The number of hydrogen-bond acceptors (Lipinski definition) is 7. The molecule has 3 aromatic rings. The van der Waals surface area contributed by atoms with Gasteiger partial charge in [-0.1, -0.05) is 36.0 Å². The number of nitro benzene ring substituents is 2. The second kappa shape index (κ2) is 7.53. The zero-order valence-electron chi connectivity index (χ0n) is 14.4. The van der Waals surface area contributed by atoms with E-state index in [2.05, 4.69) is 5.32 Å². The molecule has 142 valence electrons. The van der Waals surface area contributed by atoms with E-state index >= 15 is 0 Å². The predicted octanol–water partition coefficient (Wildman–Crippen LogP) is 3.87. The molecular formula is C18H13N3O6S. The summed E-state index contributed by atoms with van der Waals surface area (Å²) in [5, 5.41) is 36.2. The number of nitrogens with zero attached hydrogens (tertiary/aromatic N) is 2. The molecule has 0 heterocycles.